The summed E-state index contributed by atoms with van der Waals surface area (Å²) in [5.74, 6) is -0.0716. The molecule has 0 bridgehead atoms. The molecule has 0 aliphatic carbocycles. The van der Waals surface area contributed by atoms with Gasteiger partial charge in [-0.05, 0) is 49.4 Å². The average molecular weight is 385 g/mol. The first-order chi connectivity index (χ1) is 13.0. The summed E-state index contributed by atoms with van der Waals surface area (Å²) >= 11 is 0. The van der Waals surface area contributed by atoms with Gasteiger partial charge in [0.1, 0.15) is 6.04 Å². The molecule has 2 aromatic carbocycles. The molecule has 2 aliphatic rings. The van der Waals surface area contributed by atoms with Crippen molar-refractivity contribution in [1.82, 2.24) is 9.21 Å². The number of fused-ring (bicyclic) bond motifs is 1. The number of hydrogen-bond donors (Lipinski definition) is 0. The molecule has 2 aliphatic heterocycles. The third-order valence-electron chi connectivity index (χ3n) is 5.54. The standard InChI is InChI=1S/C21H24N2O3S/c1-16-8-10-19(11-9-16)27(25,26)23-15-18-7-3-2-6-17(18)14-20(23)21(24)22-12-4-5-13-22/h2-3,6-11,20H,4-5,12-15H2,1H3/t20-/m0/s1. The normalized spacial score (nSPS) is 20.5. The highest BCUT2D eigenvalue weighted by Crippen LogP contribution is 2.30. The number of rotatable bonds is 3. The minimum Gasteiger partial charge on any atom is -0.341 e. The lowest BCUT2D eigenvalue weighted by Gasteiger charge is -2.36. The van der Waals surface area contributed by atoms with Gasteiger partial charge in [-0.3, -0.25) is 4.79 Å². The summed E-state index contributed by atoms with van der Waals surface area (Å²) in [5.41, 5.74) is 3.03. The van der Waals surface area contributed by atoms with Crippen LogP contribution in [0.2, 0.25) is 0 Å². The van der Waals surface area contributed by atoms with Crippen LogP contribution in [-0.2, 0) is 27.8 Å². The summed E-state index contributed by atoms with van der Waals surface area (Å²) in [6.07, 6.45) is 2.40. The Balaban J connectivity index is 1.74. The molecule has 2 aromatic rings. The van der Waals surface area contributed by atoms with Gasteiger partial charge in [0.05, 0.1) is 4.90 Å². The highest BCUT2D eigenvalue weighted by molar-refractivity contribution is 7.89. The molecular formula is C21H24N2O3S. The van der Waals surface area contributed by atoms with E-state index in [0.29, 0.717) is 6.42 Å². The molecule has 4 rings (SSSR count). The SMILES string of the molecule is Cc1ccc(S(=O)(=O)N2Cc3ccccc3C[C@H]2C(=O)N2CCCC2)cc1. The quantitative estimate of drug-likeness (QED) is 0.818. The summed E-state index contributed by atoms with van der Waals surface area (Å²) in [5, 5.41) is 0. The van der Waals surface area contributed by atoms with E-state index >= 15 is 0 Å². The van der Waals surface area contributed by atoms with E-state index in [0.717, 1.165) is 42.6 Å². The molecule has 0 radical (unpaired) electrons. The molecular weight excluding hydrogens is 360 g/mol. The zero-order valence-corrected chi connectivity index (χ0v) is 16.3. The van der Waals surface area contributed by atoms with Crippen molar-refractivity contribution in [3.63, 3.8) is 0 Å². The van der Waals surface area contributed by atoms with Crippen LogP contribution in [0.5, 0.6) is 0 Å². The number of carbonyl (C=O) groups is 1. The Morgan fingerprint density at radius 1 is 0.963 bits per heavy atom. The number of benzene rings is 2. The second-order valence-electron chi connectivity index (χ2n) is 7.38. The first kappa shape index (κ1) is 18.2. The van der Waals surface area contributed by atoms with E-state index in [2.05, 4.69) is 0 Å². The second-order valence-corrected chi connectivity index (χ2v) is 9.27. The number of carbonyl (C=O) groups excluding carboxylic acids is 1. The lowest BCUT2D eigenvalue weighted by atomic mass is 9.95. The summed E-state index contributed by atoms with van der Waals surface area (Å²) < 4.78 is 28.2. The Labute approximate surface area is 160 Å². The first-order valence-corrected chi connectivity index (χ1v) is 10.8. The minimum absolute atomic E-state index is 0.0716. The summed E-state index contributed by atoms with van der Waals surface area (Å²) in [7, 11) is -3.76. The van der Waals surface area contributed by atoms with Crippen LogP contribution in [0.4, 0.5) is 0 Å². The van der Waals surface area contributed by atoms with E-state index in [4.69, 9.17) is 0 Å². The molecule has 1 amide bonds. The third-order valence-corrected chi connectivity index (χ3v) is 7.40. The number of amides is 1. The number of aryl methyl sites for hydroxylation is 1. The molecule has 2 heterocycles. The molecule has 0 saturated carbocycles. The number of sulfonamides is 1. The van der Waals surface area contributed by atoms with E-state index < -0.39 is 16.1 Å². The Hall–Kier alpha value is -2.18. The van der Waals surface area contributed by atoms with Crippen molar-refractivity contribution in [2.24, 2.45) is 0 Å². The fourth-order valence-electron chi connectivity index (χ4n) is 3.96. The predicted molar refractivity (Wildman–Crippen MR) is 104 cm³/mol. The smallest absolute Gasteiger partial charge is 0.244 e. The fourth-order valence-corrected chi connectivity index (χ4v) is 5.52. The van der Waals surface area contributed by atoms with Gasteiger partial charge in [0.2, 0.25) is 15.9 Å². The van der Waals surface area contributed by atoms with Gasteiger partial charge in [-0.15, -0.1) is 0 Å². The first-order valence-electron chi connectivity index (χ1n) is 9.41. The van der Waals surface area contributed by atoms with E-state index in [-0.39, 0.29) is 17.3 Å². The Morgan fingerprint density at radius 2 is 1.59 bits per heavy atom. The van der Waals surface area contributed by atoms with Crippen LogP contribution in [0, 0.1) is 6.92 Å². The van der Waals surface area contributed by atoms with Crippen molar-refractivity contribution in [3.8, 4) is 0 Å². The summed E-state index contributed by atoms with van der Waals surface area (Å²) in [6.45, 7) is 3.59. The average Bonchev–Trinajstić information content (AvgIpc) is 3.21. The molecule has 1 fully saturated rings. The van der Waals surface area contributed by atoms with Crippen molar-refractivity contribution < 1.29 is 13.2 Å². The highest BCUT2D eigenvalue weighted by atomic mass is 32.2. The Kier molecular flexibility index (Phi) is 4.78. The summed E-state index contributed by atoms with van der Waals surface area (Å²) in [4.78, 5) is 15.2. The molecule has 1 atom stereocenters. The lowest BCUT2D eigenvalue weighted by molar-refractivity contribution is -0.134. The van der Waals surface area contributed by atoms with Crippen molar-refractivity contribution >= 4 is 15.9 Å². The zero-order valence-electron chi connectivity index (χ0n) is 15.5. The van der Waals surface area contributed by atoms with Gasteiger partial charge < -0.3 is 4.90 Å². The van der Waals surface area contributed by atoms with Crippen molar-refractivity contribution in [2.75, 3.05) is 13.1 Å². The maximum absolute atomic E-state index is 13.4. The molecule has 5 nitrogen and oxygen atoms in total. The summed E-state index contributed by atoms with van der Waals surface area (Å²) in [6, 6.07) is 14.0. The van der Waals surface area contributed by atoms with Gasteiger partial charge in [-0.1, -0.05) is 42.0 Å². The Bertz CT molecular complexity index is 948. The Morgan fingerprint density at radius 3 is 2.26 bits per heavy atom. The van der Waals surface area contributed by atoms with Crippen LogP contribution in [0.25, 0.3) is 0 Å². The molecule has 0 N–H and O–H groups in total. The van der Waals surface area contributed by atoms with Crippen LogP contribution in [0.3, 0.4) is 0 Å². The van der Waals surface area contributed by atoms with E-state index in [9.17, 15) is 13.2 Å². The monoisotopic (exact) mass is 384 g/mol. The van der Waals surface area contributed by atoms with Gasteiger partial charge in [-0.25, -0.2) is 8.42 Å². The van der Waals surface area contributed by atoms with Crippen LogP contribution in [0.1, 0.15) is 29.5 Å². The zero-order chi connectivity index (χ0) is 19.0. The highest BCUT2D eigenvalue weighted by Gasteiger charge is 2.41. The second kappa shape index (κ2) is 7.09. The molecule has 0 spiro atoms. The van der Waals surface area contributed by atoms with Crippen LogP contribution >= 0.6 is 0 Å². The maximum Gasteiger partial charge on any atom is 0.244 e. The van der Waals surface area contributed by atoms with Crippen molar-refractivity contribution in [1.29, 1.82) is 0 Å². The van der Waals surface area contributed by atoms with E-state index in [1.165, 1.54) is 4.31 Å². The number of hydrogen-bond acceptors (Lipinski definition) is 3. The van der Waals surface area contributed by atoms with Crippen LogP contribution in [0.15, 0.2) is 53.4 Å². The van der Waals surface area contributed by atoms with Crippen LogP contribution < -0.4 is 0 Å². The third kappa shape index (κ3) is 3.39. The molecule has 0 unspecified atom stereocenters. The van der Waals surface area contributed by atoms with Gasteiger partial charge in [0.25, 0.3) is 0 Å². The lowest BCUT2D eigenvalue weighted by Crippen LogP contribution is -2.53. The molecule has 142 valence electrons. The predicted octanol–water partition coefficient (Wildman–Crippen LogP) is 2.73. The largest absolute Gasteiger partial charge is 0.341 e. The van der Waals surface area contributed by atoms with Gasteiger partial charge in [0.15, 0.2) is 0 Å². The van der Waals surface area contributed by atoms with E-state index in [1.54, 1.807) is 24.3 Å². The van der Waals surface area contributed by atoms with Crippen LogP contribution in [-0.4, -0.2) is 42.7 Å². The van der Waals surface area contributed by atoms with Gasteiger partial charge in [0, 0.05) is 19.6 Å². The van der Waals surface area contributed by atoms with Gasteiger partial charge in [-0.2, -0.15) is 4.31 Å². The van der Waals surface area contributed by atoms with E-state index in [1.807, 2.05) is 36.1 Å². The molecule has 6 heteroatoms. The van der Waals surface area contributed by atoms with Crippen molar-refractivity contribution in [2.45, 2.75) is 43.7 Å². The number of likely N-dealkylation sites (tertiary alicyclic amines) is 1. The van der Waals surface area contributed by atoms with Gasteiger partial charge >= 0.3 is 0 Å². The minimum atomic E-state index is -3.76. The number of nitrogens with zero attached hydrogens (tertiary/aromatic N) is 2. The molecule has 27 heavy (non-hydrogen) atoms. The fraction of sp³-hybridized carbons (Fsp3) is 0.381. The molecule has 0 aromatic heterocycles. The maximum atomic E-state index is 13.4. The van der Waals surface area contributed by atoms with Crippen molar-refractivity contribution in [3.05, 3.63) is 65.2 Å². The molecule has 1 saturated heterocycles. The topological polar surface area (TPSA) is 57.7 Å².